The van der Waals surface area contributed by atoms with Gasteiger partial charge < -0.3 is 10.4 Å². The molecule has 2 N–H and O–H groups in total. The van der Waals surface area contributed by atoms with Gasteiger partial charge in [-0.3, -0.25) is 4.79 Å². The Morgan fingerprint density at radius 1 is 1.39 bits per heavy atom. The van der Waals surface area contributed by atoms with Crippen LogP contribution >= 0.6 is 0 Å². The number of hydrogen-bond acceptors (Lipinski definition) is 2. The number of aromatic carboxylic acids is 1. The van der Waals surface area contributed by atoms with Gasteiger partial charge in [0.2, 0.25) is 5.91 Å². The molecule has 4 nitrogen and oxygen atoms in total. The van der Waals surface area contributed by atoms with Gasteiger partial charge in [0.15, 0.2) is 0 Å². The maximum Gasteiger partial charge on any atom is 0.335 e. The lowest BCUT2D eigenvalue weighted by atomic mass is 10.1. The first-order valence-corrected chi connectivity index (χ1v) is 6.20. The number of carboxylic acid groups (broad SMARTS) is 1. The van der Waals surface area contributed by atoms with Gasteiger partial charge in [0.25, 0.3) is 0 Å². The van der Waals surface area contributed by atoms with E-state index in [0.717, 1.165) is 17.9 Å². The van der Waals surface area contributed by atoms with Crippen LogP contribution in [0.25, 0.3) is 0 Å². The number of amides is 1. The third-order valence-electron chi connectivity index (χ3n) is 3.24. The summed E-state index contributed by atoms with van der Waals surface area (Å²) in [5, 5.41) is 11.7. The first kappa shape index (κ1) is 12.6. The van der Waals surface area contributed by atoms with Crippen LogP contribution in [0.3, 0.4) is 0 Å². The summed E-state index contributed by atoms with van der Waals surface area (Å²) in [6, 6.07) is 4.75. The molecule has 4 heteroatoms. The summed E-state index contributed by atoms with van der Waals surface area (Å²) in [5.74, 6) is -0.293. The number of hydrogen-bond donors (Lipinski definition) is 2. The van der Waals surface area contributed by atoms with Gasteiger partial charge in [0.1, 0.15) is 0 Å². The molecule has 0 spiro atoms. The van der Waals surface area contributed by atoms with E-state index in [2.05, 4.69) is 5.32 Å². The number of carbonyl (C=O) groups excluding carboxylic acids is 1. The summed E-state index contributed by atoms with van der Waals surface area (Å²) < 4.78 is 0. The van der Waals surface area contributed by atoms with Crippen molar-refractivity contribution in [2.45, 2.75) is 32.6 Å². The van der Waals surface area contributed by atoms with Crippen molar-refractivity contribution >= 4 is 17.6 Å². The molecule has 0 bridgehead atoms. The lowest BCUT2D eigenvalue weighted by Crippen LogP contribution is -2.13. The van der Waals surface area contributed by atoms with Crippen molar-refractivity contribution in [3.8, 4) is 0 Å². The zero-order valence-corrected chi connectivity index (χ0v) is 10.4. The van der Waals surface area contributed by atoms with Crippen LogP contribution in [0.15, 0.2) is 18.2 Å². The van der Waals surface area contributed by atoms with Gasteiger partial charge in [-0.05, 0) is 37.0 Å². The van der Waals surface area contributed by atoms with E-state index in [1.165, 1.54) is 25.0 Å². The molecule has 0 saturated heterocycles. The fourth-order valence-electron chi connectivity index (χ4n) is 1.84. The third-order valence-corrected chi connectivity index (χ3v) is 3.24. The normalized spacial score (nSPS) is 14.3. The molecule has 0 unspecified atom stereocenters. The van der Waals surface area contributed by atoms with Crippen molar-refractivity contribution in [3.63, 3.8) is 0 Å². The third kappa shape index (κ3) is 3.32. The molecule has 0 atom stereocenters. The Labute approximate surface area is 106 Å². The summed E-state index contributed by atoms with van der Waals surface area (Å²) in [4.78, 5) is 22.6. The summed E-state index contributed by atoms with van der Waals surface area (Å²) in [6.07, 6.45) is 3.92. The Hall–Kier alpha value is -1.84. The van der Waals surface area contributed by atoms with Crippen LogP contribution in [-0.4, -0.2) is 17.0 Å². The second kappa shape index (κ2) is 5.21. The maximum atomic E-state index is 11.7. The lowest BCUT2D eigenvalue weighted by molar-refractivity contribution is -0.116. The Kier molecular flexibility index (Phi) is 3.65. The van der Waals surface area contributed by atoms with Gasteiger partial charge in [-0.2, -0.15) is 0 Å². The van der Waals surface area contributed by atoms with E-state index in [4.69, 9.17) is 5.11 Å². The predicted molar refractivity (Wildman–Crippen MR) is 68.7 cm³/mol. The number of aryl methyl sites for hydroxylation is 1. The van der Waals surface area contributed by atoms with Crippen LogP contribution in [0.5, 0.6) is 0 Å². The first-order chi connectivity index (χ1) is 8.56. The summed E-state index contributed by atoms with van der Waals surface area (Å²) in [7, 11) is 0. The van der Waals surface area contributed by atoms with Gasteiger partial charge in [0.05, 0.1) is 5.56 Å². The van der Waals surface area contributed by atoms with Crippen molar-refractivity contribution in [3.05, 3.63) is 29.3 Å². The average molecular weight is 247 g/mol. The smallest absolute Gasteiger partial charge is 0.335 e. The van der Waals surface area contributed by atoms with Gasteiger partial charge in [0, 0.05) is 12.1 Å². The SMILES string of the molecule is Cc1ccc(C(=O)O)cc1NC(=O)CCC1CC1. The number of anilines is 1. The number of carboxylic acids is 1. The molecule has 96 valence electrons. The Morgan fingerprint density at radius 2 is 2.11 bits per heavy atom. The van der Waals surface area contributed by atoms with Gasteiger partial charge >= 0.3 is 5.97 Å². The molecule has 0 aromatic heterocycles. The van der Waals surface area contributed by atoms with Crippen LogP contribution in [0, 0.1) is 12.8 Å². The minimum atomic E-state index is -0.983. The molecule has 1 amide bonds. The fourth-order valence-corrected chi connectivity index (χ4v) is 1.84. The molecule has 1 aromatic rings. The molecule has 1 aliphatic rings. The molecule has 1 aliphatic carbocycles. The number of carbonyl (C=O) groups is 2. The minimum Gasteiger partial charge on any atom is -0.478 e. The van der Waals surface area contributed by atoms with E-state index in [1.54, 1.807) is 6.07 Å². The largest absolute Gasteiger partial charge is 0.478 e. The van der Waals surface area contributed by atoms with E-state index in [-0.39, 0.29) is 11.5 Å². The monoisotopic (exact) mass is 247 g/mol. The highest BCUT2D eigenvalue weighted by atomic mass is 16.4. The first-order valence-electron chi connectivity index (χ1n) is 6.20. The van der Waals surface area contributed by atoms with Gasteiger partial charge in [-0.15, -0.1) is 0 Å². The van der Waals surface area contributed by atoms with Crippen LogP contribution in [-0.2, 0) is 4.79 Å². The second-order valence-electron chi connectivity index (χ2n) is 4.87. The Balaban J connectivity index is 1.99. The summed E-state index contributed by atoms with van der Waals surface area (Å²) in [5.41, 5.74) is 1.66. The van der Waals surface area contributed by atoms with Crippen LogP contribution in [0.1, 0.15) is 41.6 Å². The maximum absolute atomic E-state index is 11.7. The van der Waals surface area contributed by atoms with Crippen LogP contribution < -0.4 is 5.32 Å². The van der Waals surface area contributed by atoms with E-state index in [1.807, 2.05) is 6.92 Å². The zero-order chi connectivity index (χ0) is 13.1. The van der Waals surface area contributed by atoms with Crippen molar-refractivity contribution < 1.29 is 14.7 Å². The standard InChI is InChI=1S/C14H17NO3/c1-9-2-6-11(14(17)18)8-12(9)15-13(16)7-5-10-3-4-10/h2,6,8,10H,3-5,7H2,1H3,(H,15,16)(H,17,18). The van der Waals surface area contributed by atoms with E-state index >= 15 is 0 Å². The zero-order valence-electron chi connectivity index (χ0n) is 10.4. The number of benzene rings is 1. The molecule has 1 fully saturated rings. The van der Waals surface area contributed by atoms with Crippen molar-refractivity contribution in [1.82, 2.24) is 0 Å². The van der Waals surface area contributed by atoms with E-state index < -0.39 is 5.97 Å². The molecule has 2 rings (SSSR count). The van der Waals surface area contributed by atoms with Crippen molar-refractivity contribution in [2.24, 2.45) is 5.92 Å². The van der Waals surface area contributed by atoms with Crippen LogP contribution in [0.2, 0.25) is 0 Å². The average Bonchev–Trinajstić information content (AvgIpc) is 3.13. The Morgan fingerprint density at radius 3 is 2.72 bits per heavy atom. The lowest BCUT2D eigenvalue weighted by Gasteiger charge is -2.09. The fraction of sp³-hybridized carbons (Fsp3) is 0.429. The Bertz CT molecular complexity index is 478. The van der Waals surface area contributed by atoms with Gasteiger partial charge in [-0.25, -0.2) is 4.79 Å². The molecule has 0 aliphatic heterocycles. The highest BCUT2D eigenvalue weighted by Crippen LogP contribution is 2.33. The second-order valence-corrected chi connectivity index (χ2v) is 4.87. The van der Waals surface area contributed by atoms with Gasteiger partial charge in [-0.1, -0.05) is 18.9 Å². The molecule has 0 heterocycles. The molecular weight excluding hydrogens is 230 g/mol. The topological polar surface area (TPSA) is 66.4 Å². The van der Waals surface area contributed by atoms with E-state index in [9.17, 15) is 9.59 Å². The number of rotatable bonds is 5. The molecule has 18 heavy (non-hydrogen) atoms. The molecule has 1 saturated carbocycles. The minimum absolute atomic E-state index is 0.0347. The van der Waals surface area contributed by atoms with E-state index in [0.29, 0.717) is 12.1 Å². The van der Waals surface area contributed by atoms with Crippen LogP contribution in [0.4, 0.5) is 5.69 Å². The summed E-state index contributed by atoms with van der Waals surface area (Å²) in [6.45, 7) is 1.85. The van der Waals surface area contributed by atoms with Crippen molar-refractivity contribution in [1.29, 1.82) is 0 Å². The molecule has 0 radical (unpaired) electrons. The highest BCUT2D eigenvalue weighted by molar-refractivity contribution is 5.94. The molecule has 1 aromatic carbocycles. The quantitative estimate of drug-likeness (QED) is 0.840. The summed E-state index contributed by atoms with van der Waals surface area (Å²) >= 11 is 0. The highest BCUT2D eigenvalue weighted by Gasteiger charge is 2.22. The predicted octanol–water partition coefficient (Wildman–Crippen LogP) is 2.82. The number of nitrogens with one attached hydrogen (secondary N) is 1. The molecular formula is C14H17NO3. The van der Waals surface area contributed by atoms with Crippen molar-refractivity contribution in [2.75, 3.05) is 5.32 Å².